The molecule has 0 spiro atoms. The average molecular weight is 897 g/mol. The van der Waals surface area contributed by atoms with Gasteiger partial charge in [-0.1, -0.05) is 170 Å². The lowest BCUT2D eigenvalue weighted by molar-refractivity contribution is 0.654. The van der Waals surface area contributed by atoms with Crippen LogP contribution in [0.25, 0.3) is 98.7 Å². The van der Waals surface area contributed by atoms with Crippen LogP contribution in [0.15, 0.2) is 252 Å². The lowest BCUT2D eigenvalue weighted by Crippen LogP contribution is -2.13. The molecule has 0 saturated heterocycles. The van der Waals surface area contributed by atoms with Gasteiger partial charge in [-0.3, -0.25) is 0 Å². The van der Waals surface area contributed by atoms with Crippen LogP contribution in [0.1, 0.15) is 0 Å². The third kappa shape index (κ3) is 6.20. The van der Waals surface area contributed by atoms with Crippen molar-refractivity contribution in [3.8, 4) is 22.3 Å². The summed E-state index contributed by atoms with van der Waals surface area (Å²) in [4.78, 5) is 14.1. The molecule has 70 heavy (non-hydrogen) atoms. The zero-order chi connectivity index (χ0) is 46.1. The molecule has 0 aliphatic carbocycles. The Balaban J connectivity index is 1.09. The predicted octanol–water partition coefficient (Wildman–Crippen LogP) is 18.0. The van der Waals surface area contributed by atoms with Gasteiger partial charge < -0.3 is 18.6 Å². The first kappa shape index (κ1) is 39.6. The number of aromatic nitrogens is 2. The van der Waals surface area contributed by atoms with Crippen LogP contribution in [0.3, 0.4) is 0 Å². The third-order valence-electron chi connectivity index (χ3n) is 13.8. The molecule has 0 atom stereocenters. The number of fused-ring (bicyclic) bond motifs is 11. The maximum atomic E-state index is 6.77. The van der Waals surface area contributed by atoms with E-state index in [0.29, 0.717) is 11.4 Å². The van der Waals surface area contributed by atoms with E-state index in [1.807, 2.05) is 12.1 Å². The fourth-order valence-corrected chi connectivity index (χ4v) is 10.7. The van der Waals surface area contributed by atoms with Crippen molar-refractivity contribution in [3.05, 3.63) is 243 Å². The minimum Gasteiger partial charge on any atom is -0.435 e. The molecular formula is C64H40N4O2. The molecule has 0 amide bonds. The Labute approximate surface area is 402 Å². The molecule has 14 rings (SSSR count). The highest BCUT2D eigenvalue weighted by atomic mass is 16.3. The smallest absolute Gasteiger partial charge is 0.227 e. The summed E-state index contributed by atoms with van der Waals surface area (Å²) in [5.41, 5.74) is 13.1. The van der Waals surface area contributed by atoms with Crippen molar-refractivity contribution in [1.82, 2.24) is 9.97 Å². The molecule has 14 aromatic rings. The van der Waals surface area contributed by atoms with Crippen LogP contribution < -0.4 is 9.80 Å². The molecule has 0 bridgehead atoms. The molecule has 6 heteroatoms. The highest BCUT2D eigenvalue weighted by molar-refractivity contribution is 6.26. The molecule has 0 aliphatic rings. The number of hydrogen-bond acceptors (Lipinski definition) is 6. The van der Waals surface area contributed by atoms with Gasteiger partial charge in [0.25, 0.3) is 0 Å². The van der Waals surface area contributed by atoms with E-state index in [0.717, 1.165) is 121 Å². The largest absolute Gasteiger partial charge is 0.435 e. The summed E-state index contributed by atoms with van der Waals surface area (Å²) >= 11 is 0. The summed E-state index contributed by atoms with van der Waals surface area (Å²) in [6.45, 7) is 0. The molecule has 4 heterocycles. The van der Waals surface area contributed by atoms with Crippen molar-refractivity contribution in [1.29, 1.82) is 0 Å². The summed E-state index contributed by atoms with van der Waals surface area (Å²) in [6.07, 6.45) is 3.58. The number of pyridine rings is 2. The van der Waals surface area contributed by atoms with Gasteiger partial charge in [-0.2, -0.15) is 0 Å². The van der Waals surface area contributed by atoms with Crippen molar-refractivity contribution in [3.63, 3.8) is 0 Å². The van der Waals surface area contributed by atoms with Crippen molar-refractivity contribution in [2.45, 2.75) is 0 Å². The molecule has 6 nitrogen and oxygen atoms in total. The van der Waals surface area contributed by atoms with Crippen molar-refractivity contribution in [2.75, 3.05) is 9.80 Å². The topological polar surface area (TPSA) is 58.5 Å². The summed E-state index contributed by atoms with van der Waals surface area (Å²) in [7, 11) is 0. The monoisotopic (exact) mass is 896 g/mol. The molecule has 0 fully saturated rings. The van der Waals surface area contributed by atoms with Gasteiger partial charge in [0.2, 0.25) is 11.4 Å². The molecule has 4 aromatic heterocycles. The van der Waals surface area contributed by atoms with Crippen LogP contribution in [-0.2, 0) is 0 Å². The Hall–Kier alpha value is -9.52. The SMILES string of the molecule is c1ccc(-c2ccccc2N(c2cc3c4ccccc4c(N(c4ccccc4-c4ccccc4)c4cccc5c4oc4ncccc45)cc3c3ccccc23)c2cccc3c2oc2ncccc23)cc1. The maximum Gasteiger partial charge on any atom is 0.227 e. The van der Waals surface area contributed by atoms with Gasteiger partial charge in [-0.15, -0.1) is 0 Å². The van der Waals surface area contributed by atoms with Crippen LogP contribution in [0.5, 0.6) is 0 Å². The van der Waals surface area contributed by atoms with Gasteiger partial charge in [-0.05, 0) is 93.3 Å². The molecule has 0 saturated carbocycles. The van der Waals surface area contributed by atoms with E-state index < -0.39 is 0 Å². The summed E-state index contributed by atoms with van der Waals surface area (Å²) in [6, 6.07) is 82.0. The first-order valence-electron chi connectivity index (χ1n) is 23.6. The summed E-state index contributed by atoms with van der Waals surface area (Å²) in [5.74, 6) is 0. The van der Waals surface area contributed by atoms with Gasteiger partial charge in [0.15, 0.2) is 11.2 Å². The van der Waals surface area contributed by atoms with Crippen molar-refractivity contribution >= 4 is 111 Å². The standard InChI is InChI=1S/C64H40N4O2/c1-3-19-41(20-4-1)43-23-11-13-33-55(43)67(57-35-15-29-49-51-31-17-37-65-63(51)69-61(49)57)59-39-53-46-26-8-10-28-48(46)60(40-54(53)45-25-7-9-27-47(45)59)68(56-34-14-12-24-44(56)42-21-5-2-6-22-42)58-36-16-30-50-52-32-18-38-66-64(52)70-62(50)58/h1-40H. The molecule has 0 radical (unpaired) electrons. The lowest BCUT2D eigenvalue weighted by atomic mass is 9.92. The van der Waals surface area contributed by atoms with Gasteiger partial charge >= 0.3 is 0 Å². The number of benzene rings is 10. The zero-order valence-corrected chi connectivity index (χ0v) is 37.7. The fourth-order valence-electron chi connectivity index (χ4n) is 10.7. The van der Waals surface area contributed by atoms with Crippen LogP contribution in [-0.4, -0.2) is 9.97 Å². The van der Waals surface area contributed by atoms with E-state index in [9.17, 15) is 0 Å². The quantitative estimate of drug-likeness (QED) is 0.142. The number of nitrogens with zero attached hydrogens (tertiary/aromatic N) is 4. The second kappa shape index (κ2) is 16.1. The first-order valence-corrected chi connectivity index (χ1v) is 23.6. The Morgan fingerprint density at radius 2 is 0.614 bits per heavy atom. The van der Waals surface area contributed by atoms with E-state index in [1.54, 1.807) is 12.4 Å². The van der Waals surface area contributed by atoms with E-state index in [1.165, 1.54) is 0 Å². The Bertz CT molecular complexity index is 4050. The van der Waals surface area contributed by atoms with Gasteiger partial charge in [0, 0.05) is 55.8 Å². The lowest BCUT2D eigenvalue weighted by Gasteiger charge is -2.31. The number of para-hydroxylation sites is 4. The fraction of sp³-hybridized carbons (Fsp3) is 0. The molecule has 0 N–H and O–H groups in total. The van der Waals surface area contributed by atoms with Gasteiger partial charge in [0.05, 0.1) is 34.1 Å². The molecule has 0 unspecified atom stereocenters. The Kier molecular flexibility index (Phi) is 9.10. The van der Waals surface area contributed by atoms with Crippen LogP contribution >= 0.6 is 0 Å². The Morgan fingerprint density at radius 3 is 1.07 bits per heavy atom. The highest BCUT2D eigenvalue weighted by Gasteiger charge is 2.28. The summed E-state index contributed by atoms with van der Waals surface area (Å²) in [5, 5.41) is 10.6. The molecule has 10 aromatic carbocycles. The van der Waals surface area contributed by atoms with Crippen molar-refractivity contribution < 1.29 is 8.83 Å². The van der Waals surface area contributed by atoms with Crippen LogP contribution in [0.4, 0.5) is 34.1 Å². The van der Waals surface area contributed by atoms with Crippen LogP contribution in [0.2, 0.25) is 0 Å². The molecule has 0 aliphatic heterocycles. The number of furan rings is 2. The molecule has 328 valence electrons. The number of anilines is 6. The second-order valence-electron chi connectivity index (χ2n) is 17.6. The summed E-state index contributed by atoms with van der Waals surface area (Å²) < 4.78 is 13.5. The normalized spacial score (nSPS) is 11.7. The van der Waals surface area contributed by atoms with E-state index in [-0.39, 0.29) is 0 Å². The second-order valence-corrected chi connectivity index (χ2v) is 17.6. The Morgan fingerprint density at radius 1 is 0.257 bits per heavy atom. The predicted molar refractivity (Wildman–Crippen MR) is 289 cm³/mol. The zero-order valence-electron chi connectivity index (χ0n) is 37.7. The van der Waals surface area contributed by atoms with Crippen LogP contribution in [0, 0.1) is 0 Å². The minimum absolute atomic E-state index is 0.608. The van der Waals surface area contributed by atoms with E-state index in [2.05, 4.69) is 238 Å². The van der Waals surface area contributed by atoms with Gasteiger partial charge in [-0.25, -0.2) is 9.97 Å². The number of hydrogen-bond donors (Lipinski definition) is 0. The minimum atomic E-state index is 0.608. The van der Waals surface area contributed by atoms with E-state index in [4.69, 9.17) is 8.83 Å². The first-order chi connectivity index (χ1) is 34.8. The molecular weight excluding hydrogens is 857 g/mol. The van der Waals surface area contributed by atoms with Gasteiger partial charge in [0.1, 0.15) is 0 Å². The van der Waals surface area contributed by atoms with Crippen molar-refractivity contribution in [2.24, 2.45) is 0 Å². The third-order valence-corrected chi connectivity index (χ3v) is 13.8. The average Bonchev–Trinajstić information content (AvgIpc) is 4.02. The van der Waals surface area contributed by atoms with E-state index >= 15 is 0 Å². The highest BCUT2D eigenvalue weighted by Crippen LogP contribution is 2.52. The maximum absolute atomic E-state index is 6.77. The number of rotatable bonds is 8.